The molecule has 1 aliphatic carbocycles. The number of carboxylic acid groups (broad SMARTS) is 1. The summed E-state index contributed by atoms with van der Waals surface area (Å²) in [5.41, 5.74) is 1.54. The molecule has 2 amide bonds. The molecule has 1 aliphatic rings. The van der Waals surface area contributed by atoms with Gasteiger partial charge in [-0.1, -0.05) is 26.8 Å². The van der Waals surface area contributed by atoms with E-state index in [0.717, 1.165) is 5.56 Å². The Morgan fingerprint density at radius 3 is 2.30 bits per heavy atom. The number of nitrogens with one attached hydrogen (secondary N) is 2. The van der Waals surface area contributed by atoms with E-state index in [4.69, 9.17) is 5.11 Å². The standard InChI is InChI=1S/C17H22N2O4/c1-9-5-6-10(7-13(9)19-16(23)17(2,3)4)18-14(20)11-8-12(11)15(21)22/h5-7,11-12H,8H2,1-4H3,(H,18,20)(H,19,23)(H,21,22). The lowest BCUT2D eigenvalue weighted by Crippen LogP contribution is -2.28. The average molecular weight is 318 g/mol. The number of aliphatic carboxylic acids is 1. The zero-order valence-electron chi connectivity index (χ0n) is 13.8. The monoisotopic (exact) mass is 318 g/mol. The van der Waals surface area contributed by atoms with Gasteiger partial charge in [-0.25, -0.2) is 0 Å². The Hall–Kier alpha value is -2.37. The third kappa shape index (κ3) is 4.09. The van der Waals surface area contributed by atoms with Crippen LogP contribution in [0, 0.1) is 24.2 Å². The third-order valence-corrected chi connectivity index (χ3v) is 3.88. The van der Waals surface area contributed by atoms with Crippen LogP contribution in [0.4, 0.5) is 11.4 Å². The molecule has 0 saturated heterocycles. The minimum absolute atomic E-state index is 0.114. The van der Waals surface area contributed by atoms with Crippen LogP contribution < -0.4 is 10.6 Å². The van der Waals surface area contributed by atoms with Gasteiger partial charge in [0.05, 0.1) is 11.8 Å². The first-order valence-electron chi connectivity index (χ1n) is 7.55. The number of aryl methyl sites for hydroxylation is 1. The minimum atomic E-state index is -0.938. The fourth-order valence-electron chi connectivity index (χ4n) is 2.14. The zero-order valence-corrected chi connectivity index (χ0v) is 13.8. The van der Waals surface area contributed by atoms with E-state index >= 15 is 0 Å². The normalized spacial score (nSPS) is 19.8. The molecule has 3 N–H and O–H groups in total. The first kappa shape index (κ1) is 17.0. The first-order chi connectivity index (χ1) is 10.6. The summed E-state index contributed by atoms with van der Waals surface area (Å²) >= 11 is 0. The summed E-state index contributed by atoms with van der Waals surface area (Å²) in [7, 11) is 0. The van der Waals surface area contributed by atoms with Gasteiger partial charge in [0.25, 0.3) is 0 Å². The largest absolute Gasteiger partial charge is 0.481 e. The van der Waals surface area contributed by atoms with Gasteiger partial charge in [-0.15, -0.1) is 0 Å². The van der Waals surface area contributed by atoms with Crippen LogP contribution in [0.5, 0.6) is 0 Å². The molecule has 0 spiro atoms. The van der Waals surface area contributed by atoms with Crippen LogP contribution in [0.25, 0.3) is 0 Å². The molecule has 0 radical (unpaired) electrons. The molecular formula is C17H22N2O4. The molecule has 1 fully saturated rings. The number of amides is 2. The molecular weight excluding hydrogens is 296 g/mol. The second kappa shape index (κ2) is 6.02. The van der Waals surface area contributed by atoms with Crippen LogP contribution in [0.1, 0.15) is 32.8 Å². The molecule has 124 valence electrons. The SMILES string of the molecule is Cc1ccc(NC(=O)C2CC2C(=O)O)cc1NC(=O)C(C)(C)C. The summed E-state index contributed by atoms with van der Waals surface area (Å²) in [5, 5.41) is 14.4. The molecule has 1 saturated carbocycles. The molecule has 0 bridgehead atoms. The van der Waals surface area contributed by atoms with Gasteiger partial charge in [-0.2, -0.15) is 0 Å². The third-order valence-electron chi connectivity index (χ3n) is 3.88. The lowest BCUT2D eigenvalue weighted by atomic mass is 9.95. The van der Waals surface area contributed by atoms with E-state index in [1.807, 2.05) is 27.7 Å². The molecule has 2 unspecified atom stereocenters. The summed E-state index contributed by atoms with van der Waals surface area (Å²) in [6.07, 6.45) is 0.376. The van der Waals surface area contributed by atoms with Crippen molar-refractivity contribution in [2.75, 3.05) is 10.6 Å². The zero-order chi connectivity index (χ0) is 17.4. The number of carbonyl (C=O) groups is 3. The fourth-order valence-corrected chi connectivity index (χ4v) is 2.14. The smallest absolute Gasteiger partial charge is 0.307 e. The molecule has 0 aromatic heterocycles. The molecule has 6 heteroatoms. The van der Waals surface area contributed by atoms with E-state index in [-0.39, 0.29) is 11.8 Å². The van der Waals surface area contributed by atoms with Crippen LogP contribution in [-0.2, 0) is 14.4 Å². The fraction of sp³-hybridized carbons (Fsp3) is 0.471. The molecule has 1 aromatic carbocycles. The number of hydrogen-bond acceptors (Lipinski definition) is 3. The summed E-state index contributed by atoms with van der Waals surface area (Å²) in [6.45, 7) is 7.33. The van der Waals surface area contributed by atoms with Crippen molar-refractivity contribution in [3.8, 4) is 0 Å². The summed E-state index contributed by atoms with van der Waals surface area (Å²) in [4.78, 5) is 34.9. The Balaban J connectivity index is 2.07. The number of rotatable bonds is 4. The number of carboxylic acids is 1. The van der Waals surface area contributed by atoms with Crippen LogP contribution in [-0.4, -0.2) is 22.9 Å². The minimum Gasteiger partial charge on any atom is -0.481 e. The molecule has 0 heterocycles. The van der Waals surface area contributed by atoms with Crippen LogP contribution >= 0.6 is 0 Å². The van der Waals surface area contributed by atoms with E-state index in [0.29, 0.717) is 17.8 Å². The van der Waals surface area contributed by atoms with E-state index < -0.39 is 23.2 Å². The van der Waals surface area contributed by atoms with Crippen molar-refractivity contribution in [1.82, 2.24) is 0 Å². The molecule has 2 rings (SSSR count). The molecule has 23 heavy (non-hydrogen) atoms. The van der Waals surface area contributed by atoms with Crippen molar-refractivity contribution < 1.29 is 19.5 Å². The molecule has 2 atom stereocenters. The Bertz CT molecular complexity index is 661. The van der Waals surface area contributed by atoms with Crippen molar-refractivity contribution in [3.05, 3.63) is 23.8 Å². The van der Waals surface area contributed by atoms with Crippen LogP contribution in [0.2, 0.25) is 0 Å². The maximum Gasteiger partial charge on any atom is 0.307 e. The van der Waals surface area contributed by atoms with Gasteiger partial charge in [-0.3, -0.25) is 14.4 Å². The van der Waals surface area contributed by atoms with Gasteiger partial charge < -0.3 is 15.7 Å². The van der Waals surface area contributed by atoms with E-state index in [2.05, 4.69) is 10.6 Å². The molecule has 0 aliphatic heterocycles. The predicted octanol–water partition coefficient (Wildman–Crippen LogP) is 2.64. The van der Waals surface area contributed by atoms with Crippen LogP contribution in [0.15, 0.2) is 18.2 Å². The number of anilines is 2. The van der Waals surface area contributed by atoms with Crippen LogP contribution in [0.3, 0.4) is 0 Å². The highest BCUT2D eigenvalue weighted by Crippen LogP contribution is 2.39. The highest BCUT2D eigenvalue weighted by molar-refractivity contribution is 6.00. The van der Waals surface area contributed by atoms with Gasteiger partial charge in [-0.05, 0) is 31.0 Å². The molecule has 1 aromatic rings. The summed E-state index contributed by atoms with van der Waals surface area (Å²) < 4.78 is 0. The summed E-state index contributed by atoms with van der Waals surface area (Å²) in [6, 6.07) is 5.22. The predicted molar refractivity (Wildman–Crippen MR) is 87.1 cm³/mol. The topological polar surface area (TPSA) is 95.5 Å². The second-order valence-electron chi connectivity index (χ2n) is 7.01. The number of hydrogen-bond donors (Lipinski definition) is 3. The van der Waals surface area contributed by atoms with Gasteiger partial charge in [0.1, 0.15) is 0 Å². The average Bonchev–Trinajstić information content (AvgIpc) is 3.22. The van der Waals surface area contributed by atoms with Gasteiger partial charge in [0.2, 0.25) is 11.8 Å². The van der Waals surface area contributed by atoms with Crippen molar-refractivity contribution in [2.24, 2.45) is 17.3 Å². The Kier molecular flexibility index (Phi) is 4.45. The lowest BCUT2D eigenvalue weighted by molar-refractivity contribution is -0.139. The Morgan fingerprint density at radius 1 is 1.13 bits per heavy atom. The van der Waals surface area contributed by atoms with E-state index in [1.165, 1.54) is 0 Å². The Morgan fingerprint density at radius 2 is 1.78 bits per heavy atom. The van der Waals surface area contributed by atoms with Crippen molar-refractivity contribution in [2.45, 2.75) is 34.1 Å². The maximum atomic E-state index is 12.1. The van der Waals surface area contributed by atoms with Crippen molar-refractivity contribution in [3.63, 3.8) is 0 Å². The van der Waals surface area contributed by atoms with Gasteiger partial charge in [0.15, 0.2) is 0 Å². The number of benzene rings is 1. The second-order valence-corrected chi connectivity index (χ2v) is 7.01. The molecule has 6 nitrogen and oxygen atoms in total. The lowest BCUT2D eigenvalue weighted by Gasteiger charge is -2.19. The van der Waals surface area contributed by atoms with Gasteiger partial charge in [0, 0.05) is 16.8 Å². The highest BCUT2D eigenvalue weighted by atomic mass is 16.4. The van der Waals surface area contributed by atoms with E-state index in [9.17, 15) is 14.4 Å². The first-order valence-corrected chi connectivity index (χ1v) is 7.55. The summed E-state index contributed by atoms with van der Waals surface area (Å²) in [5.74, 6) is -2.40. The van der Waals surface area contributed by atoms with Crippen molar-refractivity contribution >= 4 is 29.2 Å². The van der Waals surface area contributed by atoms with Crippen molar-refractivity contribution in [1.29, 1.82) is 0 Å². The van der Waals surface area contributed by atoms with E-state index in [1.54, 1.807) is 18.2 Å². The van der Waals surface area contributed by atoms with Gasteiger partial charge >= 0.3 is 5.97 Å². The quantitative estimate of drug-likeness (QED) is 0.795. The Labute approximate surface area is 135 Å². The highest BCUT2D eigenvalue weighted by Gasteiger charge is 2.48. The number of carbonyl (C=O) groups excluding carboxylic acids is 2. The maximum absolute atomic E-state index is 12.1.